The molecule has 0 bridgehead atoms. The SMILES string of the molecule is CC(=O)N[C@H]1[C@H](OC[C@H]2O[C@H](OCc3ccccc3)[C@H](NC(C)=O)[C@@H](OC(=O)c3ccccc3)[C@H]2O)O[C@H](COC(C)=O)[C@@H](OC(C)=O)[C@@H]1OC(C)=O. The Morgan fingerprint density at radius 2 is 1.15 bits per heavy atom. The number of aliphatic hydroxyl groups excluding tert-OH is 1. The summed E-state index contributed by atoms with van der Waals surface area (Å²) in [6.07, 6.45) is -11.2. The number of aliphatic hydroxyl groups is 1. The van der Waals surface area contributed by atoms with Crippen LogP contribution in [0.5, 0.6) is 0 Å². The minimum atomic E-state index is -1.64. The molecular weight excluding hydrogens is 700 g/mol. The Kier molecular flexibility index (Phi) is 14.8. The maximum Gasteiger partial charge on any atom is 0.338 e. The average Bonchev–Trinajstić information content (AvgIpc) is 3.10. The highest BCUT2D eigenvalue weighted by Crippen LogP contribution is 2.31. The summed E-state index contributed by atoms with van der Waals surface area (Å²) in [5.74, 6) is -4.20. The molecule has 0 unspecified atom stereocenters. The van der Waals surface area contributed by atoms with Crippen LogP contribution in [-0.4, -0.2) is 115 Å². The van der Waals surface area contributed by atoms with Crippen LogP contribution in [0, 0.1) is 0 Å². The van der Waals surface area contributed by atoms with Gasteiger partial charge in [0.05, 0.1) is 18.8 Å². The Morgan fingerprint density at radius 3 is 1.72 bits per heavy atom. The predicted molar refractivity (Wildman–Crippen MR) is 179 cm³/mol. The minimum Gasteiger partial charge on any atom is -0.463 e. The molecule has 2 aromatic carbocycles. The van der Waals surface area contributed by atoms with Gasteiger partial charge in [-0.25, -0.2) is 4.79 Å². The maximum atomic E-state index is 13.3. The van der Waals surface area contributed by atoms with E-state index >= 15 is 0 Å². The number of carbonyl (C=O) groups excluding carboxylic acids is 6. The highest BCUT2D eigenvalue weighted by molar-refractivity contribution is 5.89. The Morgan fingerprint density at radius 1 is 0.623 bits per heavy atom. The van der Waals surface area contributed by atoms with Crippen LogP contribution in [-0.2, 0) is 68.5 Å². The zero-order valence-corrected chi connectivity index (χ0v) is 29.8. The number of amides is 2. The van der Waals surface area contributed by atoms with E-state index in [1.807, 2.05) is 6.07 Å². The summed E-state index contributed by atoms with van der Waals surface area (Å²) in [5.41, 5.74) is 0.926. The van der Waals surface area contributed by atoms with Gasteiger partial charge in [-0.05, 0) is 17.7 Å². The molecular formula is C36H44N2O15. The molecule has 2 fully saturated rings. The summed E-state index contributed by atoms with van der Waals surface area (Å²) in [4.78, 5) is 74.1. The molecule has 0 aromatic heterocycles. The molecule has 17 heteroatoms. The van der Waals surface area contributed by atoms with Gasteiger partial charge in [-0.2, -0.15) is 0 Å². The summed E-state index contributed by atoms with van der Waals surface area (Å²) in [6.45, 7) is 4.79. The van der Waals surface area contributed by atoms with Crippen molar-refractivity contribution in [3.63, 3.8) is 0 Å². The quantitative estimate of drug-likeness (QED) is 0.179. The van der Waals surface area contributed by atoms with E-state index in [0.29, 0.717) is 0 Å². The van der Waals surface area contributed by atoms with Crippen molar-refractivity contribution in [1.29, 1.82) is 0 Å². The normalized spacial score (nSPS) is 28.1. The van der Waals surface area contributed by atoms with Crippen molar-refractivity contribution in [2.45, 2.75) is 103 Å². The van der Waals surface area contributed by atoms with Gasteiger partial charge in [-0.3, -0.25) is 24.0 Å². The molecule has 0 saturated carbocycles. The van der Waals surface area contributed by atoms with Gasteiger partial charge in [-0.1, -0.05) is 48.5 Å². The number of nitrogens with one attached hydrogen (secondary N) is 2. The first-order chi connectivity index (χ1) is 25.2. The first kappa shape index (κ1) is 40.8. The smallest absolute Gasteiger partial charge is 0.338 e. The fraction of sp³-hybridized carbons (Fsp3) is 0.500. The Balaban J connectivity index is 1.66. The zero-order chi connectivity index (χ0) is 38.7. The van der Waals surface area contributed by atoms with Crippen molar-refractivity contribution < 1.29 is 71.8 Å². The first-order valence-electron chi connectivity index (χ1n) is 16.8. The van der Waals surface area contributed by atoms with Gasteiger partial charge in [0.1, 0.15) is 37.0 Å². The third kappa shape index (κ3) is 11.8. The number of esters is 4. The zero-order valence-electron chi connectivity index (χ0n) is 29.8. The highest BCUT2D eigenvalue weighted by Gasteiger charge is 2.53. The van der Waals surface area contributed by atoms with E-state index in [-0.39, 0.29) is 12.2 Å². The monoisotopic (exact) mass is 744 g/mol. The van der Waals surface area contributed by atoms with E-state index in [9.17, 15) is 33.9 Å². The molecule has 0 aliphatic carbocycles. The van der Waals surface area contributed by atoms with E-state index < -0.39 is 110 Å². The van der Waals surface area contributed by atoms with E-state index in [4.69, 9.17) is 37.9 Å². The van der Waals surface area contributed by atoms with Crippen molar-refractivity contribution in [3.05, 3.63) is 71.8 Å². The fourth-order valence-corrected chi connectivity index (χ4v) is 5.87. The summed E-state index contributed by atoms with van der Waals surface area (Å²) < 4.78 is 46.3. The fourth-order valence-electron chi connectivity index (χ4n) is 5.87. The third-order valence-corrected chi connectivity index (χ3v) is 8.05. The number of hydrogen-bond acceptors (Lipinski definition) is 15. The van der Waals surface area contributed by atoms with Gasteiger partial charge in [0.25, 0.3) is 0 Å². The molecule has 0 radical (unpaired) electrons. The second kappa shape index (κ2) is 19.2. The van der Waals surface area contributed by atoms with E-state index in [1.54, 1.807) is 42.5 Å². The van der Waals surface area contributed by atoms with Crippen LogP contribution in [0.4, 0.5) is 0 Å². The van der Waals surface area contributed by atoms with Crippen molar-refractivity contribution in [3.8, 4) is 0 Å². The van der Waals surface area contributed by atoms with Crippen LogP contribution in [0.25, 0.3) is 0 Å². The average molecular weight is 745 g/mol. The number of ether oxygens (including phenoxy) is 8. The maximum absolute atomic E-state index is 13.3. The lowest BCUT2D eigenvalue weighted by molar-refractivity contribution is -0.306. The van der Waals surface area contributed by atoms with Crippen molar-refractivity contribution in [1.82, 2.24) is 10.6 Å². The molecule has 2 heterocycles. The molecule has 10 atom stereocenters. The first-order valence-corrected chi connectivity index (χ1v) is 16.8. The topological polar surface area (TPSA) is 221 Å². The molecule has 2 amide bonds. The molecule has 2 aliphatic rings. The molecule has 0 spiro atoms. The number of carbonyl (C=O) groups is 6. The third-order valence-electron chi connectivity index (χ3n) is 8.05. The van der Waals surface area contributed by atoms with E-state index in [1.165, 1.54) is 26.0 Å². The molecule has 53 heavy (non-hydrogen) atoms. The molecule has 17 nitrogen and oxygen atoms in total. The van der Waals surface area contributed by atoms with Gasteiger partial charge in [0.2, 0.25) is 11.8 Å². The van der Waals surface area contributed by atoms with Crippen LogP contribution in [0.15, 0.2) is 60.7 Å². The van der Waals surface area contributed by atoms with E-state index in [0.717, 1.165) is 26.3 Å². The largest absolute Gasteiger partial charge is 0.463 e. The Hall–Kier alpha value is -4.94. The van der Waals surface area contributed by atoms with Crippen LogP contribution < -0.4 is 10.6 Å². The summed E-state index contributed by atoms with van der Waals surface area (Å²) in [5, 5.41) is 16.9. The number of hydrogen-bond donors (Lipinski definition) is 3. The summed E-state index contributed by atoms with van der Waals surface area (Å²) in [7, 11) is 0. The van der Waals surface area contributed by atoms with Gasteiger partial charge < -0.3 is 53.6 Å². The summed E-state index contributed by atoms with van der Waals surface area (Å²) >= 11 is 0. The van der Waals surface area contributed by atoms with Crippen LogP contribution in [0.2, 0.25) is 0 Å². The highest BCUT2D eigenvalue weighted by atomic mass is 16.7. The minimum absolute atomic E-state index is 0.000385. The molecule has 2 aromatic rings. The van der Waals surface area contributed by atoms with Gasteiger partial charge in [0.15, 0.2) is 30.9 Å². The second-order valence-electron chi connectivity index (χ2n) is 12.3. The predicted octanol–water partition coefficient (Wildman–Crippen LogP) is 0.692. The standard InChI is InChI=1S/C36H44N2O15/c1-19(39)37-28-32(53-34(45)25-14-10-7-11-15-25)30(44)26(51-35(28)47-16-24-12-8-6-9-13-24)17-48-36-29(38-20(2)40)33(50-23(5)43)31(49-22(4)42)27(52-36)18-46-21(3)41/h6-15,26-33,35-36,44H,16-18H2,1-5H3,(H,37,39)(H,38,40)/t26-,27-,28-,29-,30+,31-,32-,33-,35+,36-/m1/s1. The van der Waals surface area contributed by atoms with E-state index in [2.05, 4.69) is 10.6 Å². The molecule has 3 N–H and O–H groups in total. The molecule has 288 valence electrons. The number of benzene rings is 2. The molecule has 2 aliphatic heterocycles. The molecule has 4 rings (SSSR count). The van der Waals surface area contributed by atoms with Crippen molar-refractivity contribution in [2.75, 3.05) is 13.2 Å². The van der Waals surface area contributed by atoms with Gasteiger partial charge >= 0.3 is 23.9 Å². The molecule has 2 saturated heterocycles. The van der Waals surface area contributed by atoms with Gasteiger partial charge in [-0.15, -0.1) is 0 Å². The lowest BCUT2D eigenvalue weighted by Gasteiger charge is -2.46. The van der Waals surface area contributed by atoms with Crippen molar-refractivity contribution >= 4 is 35.7 Å². The van der Waals surface area contributed by atoms with Crippen LogP contribution in [0.3, 0.4) is 0 Å². The lowest BCUT2D eigenvalue weighted by Crippen LogP contribution is -2.68. The van der Waals surface area contributed by atoms with Crippen LogP contribution >= 0.6 is 0 Å². The van der Waals surface area contributed by atoms with Crippen molar-refractivity contribution in [2.24, 2.45) is 0 Å². The lowest BCUT2D eigenvalue weighted by atomic mass is 9.95. The number of rotatable bonds is 14. The Bertz CT molecular complexity index is 1570. The van der Waals surface area contributed by atoms with Gasteiger partial charge in [0, 0.05) is 34.6 Å². The second-order valence-corrected chi connectivity index (χ2v) is 12.3. The Labute approximate surface area is 305 Å². The van der Waals surface area contributed by atoms with Crippen LogP contribution in [0.1, 0.15) is 50.5 Å². The summed E-state index contributed by atoms with van der Waals surface area (Å²) in [6, 6.07) is 14.5.